The minimum absolute atomic E-state index is 0.119. The fourth-order valence-corrected chi connectivity index (χ4v) is 3.19. The van der Waals surface area contributed by atoms with E-state index in [0.29, 0.717) is 5.92 Å². The number of nitrogens with one attached hydrogen (secondary N) is 1. The molecule has 0 saturated carbocycles. The van der Waals surface area contributed by atoms with Crippen LogP contribution in [0.25, 0.3) is 0 Å². The smallest absolute Gasteiger partial charge is 0.111 e. The van der Waals surface area contributed by atoms with Gasteiger partial charge in [-0.3, -0.25) is 5.84 Å². The number of rotatable bonds is 3. The predicted octanol–water partition coefficient (Wildman–Crippen LogP) is 2.24. The first-order valence-electron chi connectivity index (χ1n) is 6.77. The van der Waals surface area contributed by atoms with Gasteiger partial charge < -0.3 is 4.74 Å². The molecule has 2 atom stereocenters. The minimum Gasteiger partial charge on any atom is -0.496 e. The van der Waals surface area contributed by atoms with E-state index in [2.05, 4.69) is 35.8 Å². The number of hydrazine groups is 1. The summed E-state index contributed by atoms with van der Waals surface area (Å²) in [6, 6.07) is 8.83. The topological polar surface area (TPSA) is 47.3 Å². The molecular formula is C15H20N2O. The molecule has 0 amide bonds. The fourth-order valence-electron chi connectivity index (χ4n) is 3.19. The molecule has 3 heteroatoms. The quantitative estimate of drug-likeness (QED) is 0.633. The van der Waals surface area contributed by atoms with Crippen LogP contribution in [0.5, 0.6) is 0 Å². The molecule has 2 aliphatic rings. The van der Waals surface area contributed by atoms with E-state index in [1.54, 1.807) is 0 Å². The van der Waals surface area contributed by atoms with Crippen LogP contribution in [-0.2, 0) is 11.2 Å². The lowest BCUT2D eigenvalue weighted by Gasteiger charge is -2.32. The molecule has 0 aromatic heterocycles. The summed E-state index contributed by atoms with van der Waals surface area (Å²) in [5.41, 5.74) is 5.86. The fraction of sp³-hybridized carbons (Fsp3) is 0.467. The van der Waals surface area contributed by atoms with Gasteiger partial charge in [-0.25, -0.2) is 5.43 Å². The number of fused-ring (bicyclic) bond motifs is 1. The molecule has 3 N–H and O–H groups in total. The normalized spacial score (nSPS) is 24.1. The van der Waals surface area contributed by atoms with Crippen molar-refractivity contribution < 1.29 is 4.74 Å². The second-order valence-corrected chi connectivity index (χ2v) is 5.09. The number of hydrogen-bond donors (Lipinski definition) is 2. The molecule has 2 unspecified atom stereocenters. The molecule has 1 aliphatic heterocycles. The highest BCUT2D eigenvalue weighted by Gasteiger charge is 2.31. The Morgan fingerprint density at radius 3 is 3.00 bits per heavy atom. The zero-order valence-corrected chi connectivity index (χ0v) is 10.6. The van der Waals surface area contributed by atoms with Crippen molar-refractivity contribution in [1.29, 1.82) is 0 Å². The van der Waals surface area contributed by atoms with Crippen LogP contribution in [0, 0.1) is 0 Å². The third-order valence-corrected chi connectivity index (χ3v) is 4.04. The average molecular weight is 244 g/mol. The lowest BCUT2D eigenvalue weighted by Crippen LogP contribution is -2.42. The number of benzene rings is 1. The van der Waals surface area contributed by atoms with Crippen LogP contribution < -0.4 is 11.3 Å². The number of ether oxygens (including phenoxy) is 1. The van der Waals surface area contributed by atoms with Crippen LogP contribution in [-0.4, -0.2) is 12.6 Å². The van der Waals surface area contributed by atoms with Crippen LogP contribution in [0.15, 0.2) is 36.1 Å². The lowest BCUT2D eigenvalue weighted by molar-refractivity contribution is 0.202. The molecule has 1 aromatic carbocycles. The largest absolute Gasteiger partial charge is 0.496 e. The zero-order chi connectivity index (χ0) is 12.4. The molecule has 0 saturated heterocycles. The van der Waals surface area contributed by atoms with E-state index < -0.39 is 0 Å². The van der Waals surface area contributed by atoms with Gasteiger partial charge in [-0.1, -0.05) is 24.3 Å². The van der Waals surface area contributed by atoms with Gasteiger partial charge in [0.25, 0.3) is 0 Å². The molecule has 1 heterocycles. The number of aryl methyl sites for hydroxylation is 1. The average Bonchev–Trinajstić information content (AvgIpc) is 2.94. The summed E-state index contributed by atoms with van der Waals surface area (Å²) in [4.78, 5) is 0. The predicted molar refractivity (Wildman–Crippen MR) is 71.9 cm³/mol. The van der Waals surface area contributed by atoms with Gasteiger partial charge >= 0.3 is 0 Å². The summed E-state index contributed by atoms with van der Waals surface area (Å²) in [5, 5.41) is 0. The van der Waals surface area contributed by atoms with Crippen molar-refractivity contribution in [1.82, 2.24) is 5.43 Å². The molecule has 96 valence electrons. The molecule has 1 aromatic rings. The Bertz CT molecular complexity index is 456. The molecule has 18 heavy (non-hydrogen) atoms. The first-order valence-corrected chi connectivity index (χ1v) is 6.77. The van der Waals surface area contributed by atoms with Crippen molar-refractivity contribution in [3.05, 3.63) is 47.2 Å². The Morgan fingerprint density at radius 2 is 2.22 bits per heavy atom. The van der Waals surface area contributed by atoms with Crippen LogP contribution in [0.4, 0.5) is 0 Å². The van der Waals surface area contributed by atoms with Gasteiger partial charge in [-0.2, -0.15) is 0 Å². The molecule has 0 fully saturated rings. The third kappa shape index (κ3) is 2.04. The maximum absolute atomic E-state index is 5.77. The molecular weight excluding hydrogens is 224 g/mol. The Kier molecular flexibility index (Phi) is 3.35. The van der Waals surface area contributed by atoms with Crippen LogP contribution >= 0.6 is 0 Å². The number of nitrogens with two attached hydrogens (primary N) is 1. The van der Waals surface area contributed by atoms with Crippen LogP contribution in [0.1, 0.15) is 36.3 Å². The van der Waals surface area contributed by atoms with E-state index in [4.69, 9.17) is 10.6 Å². The third-order valence-electron chi connectivity index (χ3n) is 4.04. The Hall–Kier alpha value is -1.32. The number of hydrogen-bond acceptors (Lipinski definition) is 3. The first kappa shape index (κ1) is 11.8. The van der Waals surface area contributed by atoms with E-state index in [1.165, 1.54) is 30.4 Å². The van der Waals surface area contributed by atoms with Crippen molar-refractivity contribution in [2.45, 2.75) is 37.6 Å². The van der Waals surface area contributed by atoms with Crippen LogP contribution in [0.3, 0.4) is 0 Å². The Balaban J connectivity index is 1.92. The minimum atomic E-state index is 0.119. The van der Waals surface area contributed by atoms with Gasteiger partial charge in [0.05, 0.1) is 12.6 Å². The van der Waals surface area contributed by atoms with E-state index >= 15 is 0 Å². The van der Waals surface area contributed by atoms with Gasteiger partial charge in [-0.15, -0.1) is 0 Å². The van der Waals surface area contributed by atoms with Crippen molar-refractivity contribution in [3.8, 4) is 0 Å². The second-order valence-electron chi connectivity index (χ2n) is 5.09. The molecule has 3 nitrogen and oxygen atoms in total. The maximum atomic E-state index is 5.77. The monoisotopic (exact) mass is 244 g/mol. The first-order chi connectivity index (χ1) is 8.90. The van der Waals surface area contributed by atoms with Crippen molar-refractivity contribution in [2.75, 3.05) is 6.61 Å². The standard InChI is InChI=1S/C15H20N2O/c16-17-15(14-9-4-10-18-14)13-8-3-6-11-5-1-2-7-12(11)13/h1-2,5,7,9,13,15,17H,3-4,6,8,10,16H2. The summed E-state index contributed by atoms with van der Waals surface area (Å²) < 4.78 is 5.69. The van der Waals surface area contributed by atoms with Crippen molar-refractivity contribution >= 4 is 0 Å². The van der Waals surface area contributed by atoms with E-state index in [9.17, 15) is 0 Å². The Labute approximate surface area is 108 Å². The molecule has 3 rings (SSSR count). The van der Waals surface area contributed by atoms with E-state index in [0.717, 1.165) is 18.8 Å². The highest BCUT2D eigenvalue weighted by molar-refractivity contribution is 5.35. The SMILES string of the molecule is NNC(C1=CCCO1)C1CCCc2ccccc21. The van der Waals surface area contributed by atoms with Gasteiger partial charge in [0.1, 0.15) is 5.76 Å². The van der Waals surface area contributed by atoms with Gasteiger partial charge in [0.2, 0.25) is 0 Å². The zero-order valence-electron chi connectivity index (χ0n) is 10.6. The van der Waals surface area contributed by atoms with Gasteiger partial charge in [0.15, 0.2) is 0 Å². The van der Waals surface area contributed by atoms with Gasteiger partial charge in [0, 0.05) is 12.3 Å². The van der Waals surface area contributed by atoms with E-state index in [1.807, 2.05) is 0 Å². The summed E-state index contributed by atoms with van der Waals surface area (Å²) in [5.74, 6) is 7.23. The summed E-state index contributed by atoms with van der Waals surface area (Å²) in [6.45, 7) is 0.794. The highest BCUT2D eigenvalue weighted by Crippen LogP contribution is 2.36. The Morgan fingerprint density at radius 1 is 1.33 bits per heavy atom. The molecule has 0 spiro atoms. The van der Waals surface area contributed by atoms with Crippen molar-refractivity contribution in [3.63, 3.8) is 0 Å². The van der Waals surface area contributed by atoms with Crippen molar-refractivity contribution in [2.24, 2.45) is 5.84 Å². The summed E-state index contributed by atoms with van der Waals surface area (Å²) >= 11 is 0. The summed E-state index contributed by atoms with van der Waals surface area (Å²) in [7, 11) is 0. The molecule has 0 bridgehead atoms. The van der Waals surface area contributed by atoms with E-state index in [-0.39, 0.29) is 6.04 Å². The highest BCUT2D eigenvalue weighted by atomic mass is 16.5. The molecule has 0 radical (unpaired) electrons. The second kappa shape index (κ2) is 5.12. The lowest BCUT2D eigenvalue weighted by atomic mass is 9.78. The molecule has 1 aliphatic carbocycles. The van der Waals surface area contributed by atoms with Crippen LogP contribution in [0.2, 0.25) is 0 Å². The summed E-state index contributed by atoms with van der Waals surface area (Å²) in [6.07, 6.45) is 6.76. The van der Waals surface area contributed by atoms with Gasteiger partial charge in [-0.05, 0) is 36.5 Å². The maximum Gasteiger partial charge on any atom is 0.111 e.